The summed E-state index contributed by atoms with van der Waals surface area (Å²) in [6.07, 6.45) is 3.02. The van der Waals surface area contributed by atoms with E-state index in [4.69, 9.17) is 4.74 Å². The third-order valence-corrected chi connectivity index (χ3v) is 5.40. The molecule has 0 saturated heterocycles. The first-order valence-corrected chi connectivity index (χ1v) is 11.6. The number of rotatable bonds is 12. The van der Waals surface area contributed by atoms with Gasteiger partial charge in [0.05, 0.1) is 18.8 Å². The van der Waals surface area contributed by atoms with Gasteiger partial charge >= 0.3 is 0 Å². The molecule has 0 aliphatic heterocycles. The van der Waals surface area contributed by atoms with Crippen LogP contribution < -0.4 is 15.4 Å². The summed E-state index contributed by atoms with van der Waals surface area (Å²) in [7, 11) is 3.51. The molecule has 6 heteroatoms. The molecular formula is C28H33N3O3. The second-order valence-corrected chi connectivity index (χ2v) is 8.32. The van der Waals surface area contributed by atoms with E-state index in [1.54, 1.807) is 19.0 Å². The minimum atomic E-state index is -0.144. The topological polar surface area (TPSA) is 70.7 Å². The molecule has 0 aliphatic carbocycles. The second kappa shape index (κ2) is 13.0. The molecule has 6 nitrogen and oxygen atoms in total. The van der Waals surface area contributed by atoms with Gasteiger partial charge in [-0.3, -0.25) is 9.59 Å². The Balaban J connectivity index is 1.42. The van der Waals surface area contributed by atoms with E-state index in [0.717, 1.165) is 35.5 Å². The molecule has 0 bridgehead atoms. The Labute approximate surface area is 201 Å². The lowest BCUT2D eigenvalue weighted by Gasteiger charge is -2.13. The van der Waals surface area contributed by atoms with Gasteiger partial charge in [-0.25, -0.2) is 0 Å². The maximum atomic E-state index is 12.4. The molecule has 2 N–H and O–H groups in total. The molecule has 0 saturated carbocycles. The maximum absolute atomic E-state index is 12.4. The quantitative estimate of drug-likeness (QED) is 0.383. The summed E-state index contributed by atoms with van der Waals surface area (Å²) >= 11 is 0. The number of nitrogens with one attached hydrogen (secondary N) is 2. The first-order chi connectivity index (χ1) is 16.5. The number of nitrogens with zero attached hydrogens (tertiary/aromatic N) is 1. The summed E-state index contributed by atoms with van der Waals surface area (Å²) in [5, 5.41) is 6.06. The molecule has 0 spiro atoms. The summed E-state index contributed by atoms with van der Waals surface area (Å²) in [4.78, 5) is 25.7. The molecule has 2 amide bonds. The zero-order chi connectivity index (χ0) is 24.2. The van der Waals surface area contributed by atoms with Crippen LogP contribution in [-0.2, 0) is 22.4 Å². The van der Waals surface area contributed by atoms with Gasteiger partial charge in [0.25, 0.3) is 0 Å². The van der Waals surface area contributed by atoms with Gasteiger partial charge in [0.15, 0.2) is 0 Å². The number of benzene rings is 3. The Morgan fingerprint density at radius 2 is 1.50 bits per heavy atom. The van der Waals surface area contributed by atoms with Crippen LogP contribution >= 0.6 is 0 Å². The monoisotopic (exact) mass is 459 g/mol. The number of carbonyl (C=O) groups is 2. The summed E-state index contributed by atoms with van der Waals surface area (Å²) in [5.41, 5.74) is 3.87. The zero-order valence-electron chi connectivity index (χ0n) is 19.9. The molecule has 0 aromatic heterocycles. The van der Waals surface area contributed by atoms with E-state index >= 15 is 0 Å². The SMILES string of the molecule is CN(C)C(=O)CCc1ccc(NC(=O)CNc2ccccc2OCCCc2ccccc2)cc1. The van der Waals surface area contributed by atoms with Crippen LogP contribution in [-0.4, -0.2) is 44.0 Å². The van der Waals surface area contributed by atoms with Gasteiger partial charge in [0, 0.05) is 26.2 Å². The van der Waals surface area contributed by atoms with E-state index in [9.17, 15) is 9.59 Å². The predicted molar refractivity (Wildman–Crippen MR) is 137 cm³/mol. The molecular weight excluding hydrogens is 426 g/mol. The van der Waals surface area contributed by atoms with E-state index < -0.39 is 0 Å². The molecule has 3 aromatic rings. The van der Waals surface area contributed by atoms with Crippen molar-refractivity contribution in [2.24, 2.45) is 0 Å². The number of amides is 2. The van der Waals surface area contributed by atoms with E-state index in [1.165, 1.54) is 5.56 Å². The first kappa shape index (κ1) is 24.8. The summed E-state index contributed by atoms with van der Waals surface area (Å²) in [6, 6.07) is 25.6. The van der Waals surface area contributed by atoms with E-state index in [-0.39, 0.29) is 18.4 Å². The van der Waals surface area contributed by atoms with Crippen molar-refractivity contribution in [1.29, 1.82) is 0 Å². The first-order valence-electron chi connectivity index (χ1n) is 11.6. The number of hydrogen-bond donors (Lipinski definition) is 2. The van der Waals surface area contributed by atoms with Crippen LogP contribution in [0.5, 0.6) is 5.75 Å². The second-order valence-electron chi connectivity index (χ2n) is 8.32. The van der Waals surface area contributed by atoms with Crippen molar-refractivity contribution < 1.29 is 14.3 Å². The fraction of sp³-hybridized carbons (Fsp3) is 0.286. The average molecular weight is 460 g/mol. The van der Waals surface area contributed by atoms with Gasteiger partial charge in [0.1, 0.15) is 5.75 Å². The highest BCUT2D eigenvalue weighted by atomic mass is 16.5. The summed E-state index contributed by atoms with van der Waals surface area (Å²) in [5.74, 6) is 0.693. The Morgan fingerprint density at radius 3 is 2.24 bits per heavy atom. The number of carbonyl (C=O) groups excluding carboxylic acids is 2. The zero-order valence-corrected chi connectivity index (χ0v) is 19.9. The van der Waals surface area contributed by atoms with Crippen LogP contribution in [0.4, 0.5) is 11.4 Å². The summed E-state index contributed by atoms with van der Waals surface area (Å²) in [6.45, 7) is 0.732. The van der Waals surface area contributed by atoms with Crippen LogP contribution in [0.1, 0.15) is 24.0 Å². The standard InChI is InChI=1S/C28H33N3O3/c1-31(2)28(33)19-16-23-14-17-24(18-15-23)30-27(32)21-29-25-12-6-7-13-26(25)34-20-8-11-22-9-4-3-5-10-22/h3-7,9-10,12-15,17-18,29H,8,11,16,19-21H2,1-2H3,(H,30,32). The van der Waals surface area contributed by atoms with Gasteiger partial charge < -0.3 is 20.3 Å². The summed E-state index contributed by atoms with van der Waals surface area (Å²) < 4.78 is 5.96. The normalized spacial score (nSPS) is 10.4. The fourth-order valence-electron chi connectivity index (χ4n) is 3.45. The lowest BCUT2D eigenvalue weighted by Crippen LogP contribution is -2.22. The van der Waals surface area contributed by atoms with Crippen LogP contribution in [0.3, 0.4) is 0 Å². The Kier molecular flexibility index (Phi) is 9.52. The lowest BCUT2D eigenvalue weighted by atomic mass is 10.1. The van der Waals surface area contributed by atoms with Gasteiger partial charge in [-0.05, 0) is 54.7 Å². The average Bonchev–Trinajstić information content (AvgIpc) is 2.86. The van der Waals surface area contributed by atoms with Crippen molar-refractivity contribution in [3.05, 3.63) is 90.0 Å². The van der Waals surface area contributed by atoms with Crippen molar-refractivity contribution >= 4 is 23.2 Å². The third-order valence-electron chi connectivity index (χ3n) is 5.40. The van der Waals surface area contributed by atoms with Crippen molar-refractivity contribution in [1.82, 2.24) is 4.90 Å². The highest BCUT2D eigenvalue weighted by Gasteiger charge is 2.08. The Hall–Kier alpha value is -3.80. The molecule has 0 radical (unpaired) electrons. The predicted octanol–water partition coefficient (Wildman–Crippen LogP) is 4.77. The third kappa shape index (κ3) is 8.28. The van der Waals surface area contributed by atoms with Crippen molar-refractivity contribution in [2.45, 2.75) is 25.7 Å². The number of hydrogen-bond acceptors (Lipinski definition) is 4. The number of anilines is 2. The number of aryl methyl sites for hydroxylation is 2. The molecule has 3 aromatic carbocycles. The van der Waals surface area contributed by atoms with Gasteiger partial charge in [-0.2, -0.15) is 0 Å². The number of ether oxygens (including phenoxy) is 1. The number of para-hydroxylation sites is 2. The van der Waals surface area contributed by atoms with Crippen molar-refractivity contribution in [2.75, 3.05) is 37.9 Å². The molecule has 0 atom stereocenters. The fourth-order valence-corrected chi connectivity index (χ4v) is 3.45. The molecule has 0 fully saturated rings. The van der Waals surface area contributed by atoms with Crippen molar-refractivity contribution in [3.8, 4) is 5.75 Å². The molecule has 0 unspecified atom stereocenters. The maximum Gasteiger partial charge on any atom is 0.243 e. The molecule has 0 heterocycles. The molecule has 34 heavy (non-hydrogen) atoms. The Bertz CT molecular complexity index is 1050. The minimum Gasteiger partial charge on any atom is -0.491 e. The minimum absolute atomic E-state index is 0.101. The lowest BCUT2D eigenvalue weighted by molar-refractivity contribution is -0.128. The molecule has 0 aliphatic rings. The largest absolute Gasteiger partial charge is 0.491 e. The van der Waals surface area contributed by atoms with Crippen LogP contribution in [0.25, 0.3) is 0 Å². The molecule has 3 rings (SSSR count). The van der Waals surface area contributed by atoms with Gasteiger partial charge in [-0.15, -0.1) is 0 Å². The molecule has 178 valence electrons. The highest BCUT2D eigenvalue weighted by Crippen LogP contribution is 2.24. The van der Waals surface area contributed by atoms with E-state index in [0.29, 0.717) is 19.4 Å². The van der Waals surface area contributed by atoms with Crippen molar-refractivity contribution in [3.63, 3.8) is 0 Å². The van der Waals surface area contributed by atoms with E-state index in [2.05, 4.69) is 22.8 Å². The van der Waals surface area contributed by atoms with Crippen LogP contribution in [0.2, 0.25) is 0 Å². The van der Waals surface area contributed by atoms with Crippen LogP contribution in [0, 0.1) is 0 Å². The van der Waals surface area contributed by atoms with E-state index in [1.807, 2.05) is 66.7 Å². The van der Waals surface area contributed by atoms with Crippen LogP contribution in [0.15, 0.2) is 78.9 Å². The van der Waals surface area contributed by atoms with Gasteiger partial charge in [-0.1, -0.05) is 54.6 Å². The van der Waals surface area contributed by atoms with Gasteiger partial charge in [0.2, 0.25) is 11.8 Å². The highest BCUT2D eigenvalue weighted by molar-refractivity contribution is 5.94. The Morgan fingerprint density at radius 1 is 0.824 bits per heavy atom. The smallest absolute Gasteiger partial charge is 0.243 e.